The van der Waals surface area contributed by atoms with E-state index < -0.39 is 0 Å². The fourth-order valence-electron chi connectivity index (χ4n) is 4.39. The molecule has 1 aliphatic heterocycles. The van der Waals surface area contributed by atoms with Crippen LogP contribution in [0.25, 0.3) is 10.2 Å². The van der Waals surface area contributed by atoms with Crippen LogP contribution in [0.1, 0.15) is 56.4 Å². The Bertz CT molecular complexity index is 718. The van der Waals surface area contributed by atoms with Crippen molar-refractivity contribution in [3.63, 3.8) is 0 Å². The maximum absolute atomic E-state index is 12.4. The molecule has 1 aliphatic carbocycles. The van der Waals surface area contributed by atoms with E-state index in [0.29, 0.717) is 24.4 Å². The molecule has 4 nitrogen and oxygen atoms in total. The zero-order valence-corrected chi connectivity index (χ0v) is 16.4. The van der Waals surface area contributed by atoms with Gasteiger partial charge in [-0.15, -0.1) is 11.3 Å². The number of amides is 1. The second-order valence-corrected chi connectivity index (χ2v) is 9.07. The van der Waals surface area contributed by atoms with Gasteiger partial charge >= 0.3 is 0 Å². The van der Waals surface area contributed by atoms with Crippen molar-refractivity contribution in [2.75, 3.05) is 19.6 Å². The number of carbonyl (C=O) groups excluding carboxylic acids is 1. The summed E-state index contributed by atoms with van der Waals surface area (Å²) in [5, 5.41) is 4.56. The Kier molecular flexibility index (Phi) is 5.55. The van der Waals surface area contributed by atoms with Gasteiger partial charge in [0.1, 0.15) is 0 Å². The van der Waals surface area contributed by atoms with Crippen LogP contribution in [-0.4, -0.2) is 41.5 Å². The van der Waals surface area contributed by atoms with E-state index in [4.69, 9.17) is 4.98 Å². The van der Waals surface area contributed by atoms with Crippen LogP contribution in [0.2, 0.25) is 0 Å². The molecule has 140 valence electrons. The van der Waals surface area contributed by atoms with E-state index in [2.05, 4.69) is 41.4 Å². The molecule has 0 bridgehead atoms. The summed E-state index contributed by atoms with van der Waals surface area (Å²) in [5.74, 6) is 1.38. The minimum absolute atomic E-state index is 0.210. The minimum Gasteiger partial charge on any atom is -0.352 e. The summed E-state index contributed by atoms with van der Waals surface area (Å²) in [5.41, 5.74) is 1.12. The molecule has 1 aromatic carbocycles. The lowest BCUT2D eigenvalue weighted by Gasteiger charge is -2.33. The number of carbonyl (C=O) groups is 1. The number of nitrogens with one attached hydrogen (secondary N) is 1. The quantitative estimate of drug-likeness (QED) is 0.877. The normalized spacial score (nSPS) is 25.4. The van der Waals surface area contributed by atoms with Crippen molar-refractivity contribution in [1.82, 2.24) is 15.2 Å². The molecule has 26 heavy (non-hydrogen) atoms. The Hall–Kier alpha value is -1.46. The van der Waals surface area contributed by atoms with E-state index in [1.54, 1.807) is 0 Å². The molecular weight excluding hydrogens is 342 g/mol. The van der Waals surface area contributed by atoms with E-state index >= 15 is 0 Å². The maximum atomic E-state index is 12.4. The van der Waals surface area contributed by atoms with E-state index in [0.717, 1.165) is 37.9 Å². The number of para-hydroxylation sites is 1. The van der Waals surface area contributed by atoms with Gasteiger partial charge < -0.3 is 5.32 Å². The molecule has 1 amide bonds. The molecule has 1 saturated carbocycles. The number of hydrogen-bond donors (Lipinski definition) is 1. The lowest BCUT2D eigenvalue weighted by molar-refractivity contribution is -0.123. The van der Waals surface area contributed by atoms with Crippen molar-refractivity contribution < 1.29 is 4.79 Å². The van der Waals surface area contributed by atoms with Gasteiger partial charge in [-0.3, -0.25) is 9.69 Å². The van der Waals surface area contributed by atoms with E-state index in [1.165, 1.54) is 29.0 Å². The third kappa shape index (κ3) is 4.09. The van der Waals surface area contributed by atoms with Crippen molar-refractivity contribution in [2.24, 2.45) is 5.92 Å². The lowest BCUT2D eigenvalue weighted by Crippen LogP contribution is -2.47. The first-order valence-corrected chi connectivity index (χ1v) is 10.9. The summed E-state index contributed by atoms with van der Waals surface area (Å²) in [6.07, 6.45) is 7.17. The van der Waals surface area contributed by atoms with Gasteiger partial charge in [-0.05, 0) is 56.8 Å². The molecule has 1 aromatic heterocycles. The highest BCUT2D eigenvalue weighted by molar-refractivity contribution is 7.18. The predicted octanol–water partition coefficient (Wildman–Crippen LogP) is 4.17. The average Bonchev–Trinajstić information content (AvgIpc) is 3.08. The summed E-state index contributed by atoms with van der Waals surface area (Å²) in [7, 11) is 0. The first kappa shape index (κ1) is 17.9. The van der Waals surface area contributed by atoms with Crippen LogP contribution in [-0.2, 0) is 4.79 Å². The number of likely N-dealkylation sites (tertiary alicyclic amines) is 1. The summed E-state index contributed by atoms with van der Waals surface area (Å²) >= 11 is 1.83. The molecule has 0 spiro atoms. The molecule has 5 heteroatoms. The van der Waals surface area contributed by atoms with E-state index in [9.17, 15) is 4.79 Å². The van der Waals surface area contributed by atoms with E-state index in [1.807, 2.05) is 11.3 Å². The number of hydrogen-bond acceptors (Lipinski definition) is 4. The van der Waals surface area contributed by atoms with Gasteiger partial charge in [0.05, 0.1) is 21.8 Å². The number of nitrogens with zero attached hydrogens (tertiary/aromatic N) is 2. The molecule has 0 radical (unpaired) electrons. The van der Waals surface area contributed by atoms with Crippen molar-refractivity contribution in [3.05, 3.63) is 29.3 Å². The molecule has 4 rings (SSSR count). The summed E-state index contributed by atoms with van der Waals surface area (Å²) in [6.45, 7) is 4.81. The van der Waals surface area contributed by atoms with Gasteiger partial charge in [0.25, 0.3) is 0 Å². The topological polar surface area (TPSA) is 45.2 Å². The zero-order chi connectivity index (χ0) is 17.9. The molecule has 2 atom stereocenters. The molecule has 0 unspecified atom stereocenters. The second kappa shape index (κ2) is 8.05. The largest absolute Gasteiger partial charge is 0.352 e. The fourth-order valence-corrected chi connectivity index (χ4v) is 5.53. The predicted molar refractivity (Wildman–Crippen MR) is 108 cm³/mol. The van der Waals surface area contributed by atoms with Crippen LogP contribution < -0.4 is 5.32 Å². The summed E-state index contributed by atoms with van der Waals surface area (Å²) in [6, 6.07) is 8.78. The van der Waals surface area contributed by atoms with Crippen molar-refractivity contribution in [1.29, 1.82) is 0 Å². The van der Waals surface area contributed by atoms with Gasteiger partial charge in [-0.1, -0.05) is 31.9 Å². The van der Waals surface area contributed by atoms with Crippen LogP contribution in [0.15, 0.2) is 24.3 Å². The van der Waals surface area contributed by atoms with Crippen LogP contribution in [0.4, 0.5) is 0 Å². The van der Waals surface area contributed by atoms with Crippen LogP contribution in [0.5, 0.6) is 0 Å². The van der Waals surface area contributed by atoms with Gasteiger partial charge in [-0.2, -0.15) is 0 Å². The Morgan fingerprint density at radius 1 is 1.19 bits per heavy atom. The van der Waals surface area contributed by atoms with Gasteiger partial charge in [0, 0.05) is 12.0 Å². The first-order chi connectivity index (χ1) is 12.7. The number of fused-ring (bicyclic) bond motifs is 1. The Morgan fingerprint density at radius 2 is 1.96 bits per heavy atom. The van der Waals surface area contributed by atoms with Gasteiger partial charge in [0.2, 0.25) is 5.91 Å². The van der Waals surface area contributed by atoms with Gasteiger partial charge in [-0.25, -0.2) is 4.98 Å². The fraction of sp³-hybridized carbons (Fsp3) is 0.619. The molecule has 2 aliphatic rings. The van der Waals surface area contributed by atoms with E-state index in [-0.39, 0.29) is 5.91 Å². The minimum atomic E-state index is 0.210. The molecule has 2 heterocycles. The Morgan fingerprint density at radius 3 is 2.73 bits per heavy atom. The molecular formula is C21H29N3OS. The highest BCUT2D eigenvalue weighted by Gasteiger charge is 2.26. The third-order valence-electron chi connectivity index (χ3n) is 6.07. The molecule has 2 fully saturated rings. The number of piperidine rings is 1. The summed E-state index contributed by atoms with van der Waals surface area (Å²) in [4.78, 5) is 19.6. The second-order valence-electron chi connectivity index (χ2n) is 8.01. The Balaban J connectivity index is 1.27. The smallest absolute Gasteiger partial charge is 0.234 e. The standard InChI is InChI=1S/C21H29N3OS/c1-15-6-2-3-7-17(15)22-20(25)14-24-12-10-16(11-13-24)21-23-18-8-4-5-9-19(18)26-21/h4-5,8-9,15-17H,2-3,6-7,10-14H2,1H3,(H,22,25)/t15-,17-/m0/s1. The number of thiazole rings is 1. The number of aromatic nitrogens is 1. The maximum Gasteiger partial charge on any atom is 0.234 e. The first-order valence-electron chi connectivity index (χ1n) is 10.1. The monoisotopic (exact) mass is 371 g/mol. The Labute approximate surface area is 160 Å². The van der Waals surface area contributed by atoms with Crippen molar-refractivity contribution in [2.45, 2.75) is 57.4 Å². The zero-order valence-electron chi connectivity index (χ0n) is 15.6. The highest BCUT2D eigenvalue weighted by atomic mass is 32.1. The van der Waals surface area contributed by atoms with Crippen LogP contribution in [0, 0.1) is 5.92 Å². The number of rotatable bonds is 4. The molecule has 2 aromatic rings. The molecule has 1 saturated heterocycles. The third-order valence-corrected chi connectivity index (χ3v) is 7.27. The highest BCUT2D eigenvalue weighted by Crippen LogP contribution is 2.33. The van der Waals surface area contributed by atoms with Crippen molar-refractivity contribution in [3.8, 4) is 0 Å². The summed E-state index contributed by atoms with van der Waals surface area (Å²) < 4.78 is 1.28. The number of benzene rings is 1. The van der Waals surface area contributed by atoms with Gasteiger partial charge in [0.15, 0.2) is 0 Å². The van der Waals surface area contributed by atoms with Crippen LogP contribution in [0.3, 0.4) is 0 Å². The van der Waals surface area contributed by atoms with Crippen molar-refractivity contribution >= 4 is 27.5 Å². The lowest BCUT2D eigenvalue weighted by atomic mass is 9.86. The van der Waals surface area contributed by atoms with Crippen LogP contribution >= 0.6 is 11.3 Å². The SMILES string of the molecule is C[C@H]1CCCC[C@@H]1NC(=O)CN1CCC(c2nc3ccccc3s2)CC1. The molecule has 1 N–H and O–H groups in total. The average molecular weight is 372 g/mol.